The van der Waals surface area contributed by atoms with Gasteiger partial charge in [0, 0.05) is 28.2 Å². The largest absolute Gasteiger partial charge is 0.508 e. The molecular weight excluding hydrogens is 214 g/mol. The molecule has 0 spiro atoms. The Morgan fingerprint density at radius 2 is 1.71 bits per heavy atom. The lowest BCUT2D eigenvalue weighted by Crippen LogP contribution is -1.77. The van der Waals surface area contributed by atoms with E-state index in [1.807, 2.05) is 30.5 Å². The van der Waals surface area contributed by atoms with Crippen molar-refractivity contribution < 1.29 is 10.2 Å². The lowest BCUT2D eigenvalue weighted by molar-refractivity contribution is 0.462. The summed E-state index contributed by atoms with van der Waals surface area (Å²) in [6.45, 7) is 0. The molecule has 0 aliphatic carbocycles. The first-order valence-electron chi connectivity index (χ1n) is 5.34. The molecule has 0 bridgehead atoms. The van der Waals surface area contributed by atoms with Crippen LogP contribution in [0.25, 0.3) is 22.0 Å². The molecule has 3 rings (SSSR count). The Hall–Kier alpha value is -2.42. The average molecular weight is 225 g/mol. The second-order valence-electron chi connectivity index (χ2n) is 3.95. The van der Waals surface area contributed by atoms with Crippen LogP contribution >= 0.6 is 0 Å². The van der Waals surface area contributed by atoms with Crippen LogP contribution in [0.5, 0.6) is 11.5 Å². The van der Waals surface area contributed by atoms with E-state index < -0.39 is 0 Å². The van der Waals surface area contributed by atoms with E-state index in [9.17, 15) is 10.2 Å². The molecule has 0 fully saturated rings. The normalized spacial score (nSPS) is 10.8. The Balaban J connectivity index is 2.31. The van der Waals surface area contributed by atoms with Crippen molar-refractivity contribution in [1.29, 1.82) is 0 Å². The van der Waals surface area contributed by atoms with Crippen molar-refractivity contribution in [3.63, 3.8) is 0 Å². The Labute approximate surface area is 98.0 Å². The molecule has 3 aromatic rings. The van der Waals surface area contributed by atoms with Crippen molar-refractivity contribution in [2.24, 2.45) is 0 Å². The fraction of sp³-hybridized carbons (Fsp3) is 0. The third kappa shape index (κ3) is 1.52. The van der Waals surface area contributed by atoms with Gasteiger partial charge in [-0.05, 0) is 24.3 Å². The number of fused-ring (bicyclic) bond motifs is 1. The van der Waals surface area contributed by atoms with Gasteiger partial charge in [0.15, 0.2) is 0 Å². The van der Waals surface area contributed by atoms with Gasteiger partial charge in [-0.15, -0.1) is 0 Å². The number of hydrogen-bond acceptors (Lipinski definition) is 2. The molecule has 0 saturated heterocycles. The van der Waals surface area contributed by atoms with Crippen molar-refractivity contribution in [3.8, 4) is 22.6 Å². The minimum Gasteiger partial charge on any atom is -0.508 e. The fourth-order valence-corrected chi connectivity index (χ4v) is 2.03. The van der Waals surface area contributed by atoms with Gasteiger partial charge in [-0.2, -0.15) is 0 Å². The standard InChI is InChI=1S/C14H11NO2/c16-9-5-6-14(17)11(7-9)12-8-15-13-4-2-1-3-10(12)13/h1-8,15-17H. The van der Waals surface area contributed by atoms with Gasteiger partial charge in [0.25, 0.3) is 0 Å². The van der Waals surface area contributed by atoms with E-state index in [2.05, 4.69) is 4.98 Å². The van der Waals surface area contributed by atoms with E-state index in [1.54, 1.807) is 6.07 Å². The van der Waals surface area contributed by atoms with Crippen molar-refractivity contribution in [1.82, 2.24) is 4.98 Å². The number of nitrogens with one attached hydrogen (secondary N) is 1. The molecule has 0 saturated carbocycles. The zero-order valence-corrected chi connectivity index (χ0v) is 9.01. The molecule has 3 nitrogen and oxygen atoms in total. The van der Waals surface area contributed by atoms with Crippen LogP contribution in [0, 0.1) is 0 Å². The molecule has 1 aromatic heterocycles. The number of aromatic hydroxyl groups is 2. The van der Waals surface area contributed by atoms with E-state index in [0.717, 1.165) is 16.5 Å². The number of hydrogen-bond donors (Lipinski definition) is 3. The summed E-state index contributed by atoms with van der Waals surface area (Å²) in [6.07, 6.45) is 1.83. The van der Waals surface area contributed by atoms with Gasteiger partial charge in [-0.25, -0.2) is 0 Å². The Kier molecular flexibility index (Phi) is 2.05. The number of aromatic amines is 1. The smallest absolute Gasteiger partial charge is 0.123 e. The topological polar surface area (TPSA) is 56.2 Å². The van der Waals surface area contributed by atoms with E-state index in [0.29, 0.717) is 5.56 Å². The quantitative estimate of drug-likeness (QED) is 0.557. The molecule has 0 atom stereocenters. The summed E-state index contributed by atoms with van der Waals surface area (Å²) in [5.74, 6) is 0.302. The van der Waals surface area contributed by atoms with Crippen LogP contribution in [0.4, 0.5) is 0 Å². The zero-order valence-electron chi connectivity index (χ0n) is 9.01. The first-order chi connectivity index (χ1) is 8.25. The highest BCUT2D eigenvalue weighted by Gasteiger charge is 2.10. The van der Waals surface area contributed by atoms with Crippen molar-refractivity contribution in [2.45, 2.75) is 0 Å². The van der Waals surface area contributed by atoms with E-state index >= 15 is 0 Å². The van der Waals surface area contributed by atoms with Crippen LogP contribution in [-0.2, 0) is 0 Å². The van der Waals surface area contributed by atoms with Crippen LogP contribution in [0.15, 0.2) is 48.7 Å². The summed E-state index contributed by atoms with van der Waals surface area (Å²) >= 11 is 0. The fourth-order valence-electron chi connectivity index (χ4n) is 2.03. The van der Waals surface area contributed by atoms with Gasteiger partial charge in [0.1, 0.15) is 11.5 Å². The van der Waals surface area contributed by atoms with E-state index in [4.69, 9.17) is 0 Å². The van der Waals surface area contributed by atoms with Crippen LogP contribution in [0.2, 0.25) is 0 Å². The number of H-pyrrole nitrogens is 1. The Morgan fingerprint density at radius 3 is 2.59 bits per heavy atom. The number of aromatic nitrogens is 1. The van der Waals surface area contributed by atoms with Crippen molar-refractivity contribution >= 4 is 10.9 Å². The van der Waals surface area contributed by atoms with Gasteiger partial charge < -0.3 is 15.2 Å². The molecule has 17 heavy (non-hydrogen) atoms. The van der Waals surface area contributed by atoms with Gasteiger partial charge in [0.2, 0.25) is 0 Å². The van der Waals surface area contributed by atoms with Gasteiger partial charge in [-0.3, -0.25) is 0 Å². The molecule has 0 unspecified atom stereocenters. The maximum atomic E-state index is 9.84. The first kappa shape index (κ1) is 9.78. The maximum Gasteiger partial charge on any atom is 0.123 e. The first-order valence-corrected chi connectivity index (χ1v) is 5.34. The molecule has 84 valence electrons. The Morgan fingerprint density at radius 1 is 0.882 bits per heavy atom. The Bertz CT molecular complexity index is 686. The second-order valence-corrected chi connectivity index (χ2v) is 3.95. The monoisotopic (exact) mass is 225 g/mol. The number of phenols is 2. The van der Waals surface area contributed by atoms with Gasteiger partial charge in [0.05, 0.1) is 0 Å². The summed E-state index contributed by atoms with van der Waals surface area (Å²) in [5, 5.41) is 20.3. The maximum absolute atomic E-state index is 9.84. The van der Waals surface area contributed by atoms with Crippen LogP contribution < -0.4 is 0 Å². The van der Waals surface area contributed by atoms with Crippen LogP contribution in [0.1, 0.15) is 0 Å². The summed E-state index contributed by atoms with van der Waals surface area (Å²) < 4.78 is 0. The summed E-state index contributed by atoms with van der Waals surface area (Å²) in [5.41, 5.74) is 2.52. The molecule has 3 N–H and O–H groups in total. The molecule has 2 aromatic carbocycles. The average Bonchev–Trinajstić information content (AvgIpc) is 2.76. The molecule has 0 aliphatic rings. The predicted octanol–water partition coefficient (Wildman–Crippen LogP) is 3.25. The number of para-hydroxylation sites is 1. The van der Waals surface area contributed by atoms with Gasteiger partial charge >= 0.3 is 0 Å². The summed E-state index contributed by atoms with van der Waals surface area (Å²) in [7, 11) is 0. The number of benzene rings is 2. The summed E-state index contributed by atoms with van der Waals surface area (Å²) in [4.78, 5) is 3.14. The lowest BCUT2D eigenvalue weighted by atomic mass is 10.0. The highest BCUT2D eigenvalue weighted by Crippen LogP contribution is 2.36. The third-order valence-electron chi connectivity index (χ3n) is 2.86. The molecule has 0 aliphatic heterocycles. The number of phenolic OH excluding ortho intramolecular Hbond substituents is 2. The highest BCUT2D eigenvalue weighted by molar-refractivity contribution is 5.97. The molecule has 0 radical (unpaired) electrons. The highest BCUT2D eigenvalue weighted by atomic mass is 16.3. The molecule has 0 amide bonds. The number of rotatable bonds is 1. The van der Waals surface area contributed by atoms with E-state index in [-0.39, 0.29) is 11.5 Å². The zero-order chi connectivity index (χ0) is 11.8. The lowest BCUT2D eigenvalue weighted by Gasteiger charge is -2.03. The molecular formula is C14H11NO2. The molecule has 3 heteroatoms. The van der Waals surface area contributed by atoms with Crippen LogP contribution in [-0.4, -0.2) is 15.2 Å². The van der Waals surface area contributed by atoms with Crippen molar-refractivity contribution in [2.75, 3.05) is 0 Å². The van der Waals surface area contributed by atoms with E-state index in [1.165, 1.54) is 12.1 Å². The molecule has 1 heterocycles. The van der Waals surface area contributed by atoms with Crippen molar-refractivity contribution in [3.05, 3.63) is 48.7 Å². The minimum atomic E-state index is 0.142. The van der Waals surface area contributed by atoms with Crippen LogP contribution in [0.3, 0.4) is 0 Å². The van der Waals surface area contributed by atoms with Gasteiger partial charge in [-0.1, -0.05) is 18.2 Å². The predicted molar refractivity (Wildman–Crippen MR) is 67.1 cm³/mol. The summed E-state index contributed by atoms with van der Waals surface area (Å²) in [6, 6.07) is 12.4. The second kappa shape index (κ2) is 3.56. The third-order valence-corrected chi connectivity index (χ3v) is 2.86. The minimum absolute atomic E-state index is 0.142. The SMILES string of the molecule is Oc1ccc(O)c(-c2c[nH]c3ccccc23)c1.